The second-order valence-electron chi connectivity index (χ2n) is 5.11. The maximum absolute atomic E-state index is 10.6. The van der Waals surface area contributed by atoms with E-state index in [9.17, 15) is 4.79 Å². The van der Waals surface area contributed by atoms with Gasteiger partial charge < -0.3 is 14.3 Å². The summed E-state index contributed by atoms with van der Waals surface area (Å²) in [4.78, 5) is 10.6. The maximum Gasteiger partial charge on any atom is 0.137 e. The molecule has 0 aliphatic rings. The van der Waals surface area contributed by atoms with Gasteiger partial charge in [-0.15, -0.1) is 0 Å². The molecular weight excluding hydrogens is 312 g/mol. The molecule has 0 heterocycles. The van der Waals surface area contributed by atoms with Crippen molar-refractivity contribution in [3.8, 4) is 17.2 Å². The van der Waals surface area contributed by atoms with Crippen LogP contribution in [0.25, 0.3) is 10.8 Å². The van der Waals surface area contributed by atoms with Crippen LogP contribution in [0.4, 0.5) is 0 Å². The van der Waals surface area contributed by atoms with Crippen LogP contribution >= 0.6 is 11.6 Å². The van der Waals surface area contributed by atoms with E-state index in [1.165, 1.54) is 0 Å². The van der Waals surface area contributed by atoms with Crippen LogP contribution < -0.4 is 9.47 Å². The van der Waals surface area contributed by atoms with E-state index >= 15 is 0 Å². The molecule has 0 radical (unpaired) electrons. The molecule has 3 aromatic carbocycles. The zero-order valence-corrected chi connectivity index (χ0v) is 13.3. The number of halogens is 1. The maximum atomic E-state index is 10.6. The van der Waals surface area contributed by atoms with Crippen molar-refractivity contribution >= 4 is 28.7 Å². The molecule has 0 unspecified atom stereocenters. The molecular formula is C19H15ClO3. The Hall–Kier alpha value is -2.52. The highest BCUT2D eigenvalue weighted by Crippen LogP contribution is 2.32. The third-order valence-corrected chi connectivity index (χ3v) is 3.85. The fraction of sp³-hybridized carbons (Fsp3) is 0.105. The lowest BCUT2D eigenvalue weighted by Gasteiger charge is -2.09. The number of aldehydes is 1. The first-order valence-electron chi connectivity index (χ1n) is 7.17. The first-order valence-corrected chi connectivity index (χ1v) is 7.55. The van der Waals surface area contributed by atoms with E-state index in [2.05, 4.69) is 0 Å². The van der Waals surface area contributed by atoms with Gasteiger partial charge in [0.25, 0.3) is 0 Å². The van der Waals surface area contributed by atoms with E-state index in [4.69, 9.17) is 21.1 Å². The summed E-state index contributed by atoms with van der Waals surface area (Å²) in [5, 5.41) is 2.63. The molecule has 0 amide bonds. The number of hydrogen-bond donors (Lipinski definition) is 0. The van der Waals surface area contributed by atoms with E-state index in [0.29, 0.717) is 22.9 Å². The zero-order valence-electron chi connectivity index (χ0n) is 12.6. The van der Waals surface area contributed by atoms with Gasteiger partial charge >= 0.3 is 0 Å². The van der Waals surface area contributed by atoms with Crippen molar-refractivity contribution in [3.05, 3.63) is 65.2 Å². The van der Waals surface area contributed by atoms with E-state index in [1.54, 1.807) is 19.2 Å². The Labute approximate surface area is 139 Å². The Balaban J connectivity index is 1.87. The molecule has 0 N–H and O–H groups in total. The van der Waals surface area contributed by atoms with Crippen LogP contribution in [0, 0.1) is 0 Å². The molecule has 23 heavy (non-hydrogen) atoms. The molecule has 0 aliphatic heterocycles. The summed E-state index contributed by atoms with van der Waals surface area (Å²) in [6, 6.07) is 17.1. The molecule has 0 atom stereocenters. The molecule has 3 aromatic rings. The number of benzene rings is 3. The molecule has 0 saturated carbocycles. The SMILES string of the molecule is COc1ccc(Oc2ccc3cc(CC=O)ccc3c2)cc1Cl. The van der Waals surface area contributed by atoms with Crippen LogP contribution in [-0.2, 0) is 11.2 Å². The van der Waals surface area contributed by atoms with Crippen LogP contribution in [0.3, 0.4) is 0 Å². The van der Waals surface area contributed by atoms with Crippen LogP contribution in [0.15, 0.2) is 54.6 Å². The third-order valence-electron chi connectivity index (χ3n) is 3.55. The van der Waals surface area contributed by atoms with Gasteiger partial charge in [-0.3, -0.25) is 0 Å². The molecule has 3 rings (SSSR count). The Bertz CT molecular complexity index is 858. The summed E-state index contributed by atoms with van der Waals surface area (Å²) in [6.45, 7) is 0. The number of carbonyl (C=O) groups is 1. The Kier molecular flexibility index (Phi) is 4.49. The van der Waals surface area contributed by atoms with Crippen molar-refractivity contribution < 1.29 is 14.3 Å². The number of hydrogen-bond acceptors (Lipinski definition) is 3. The van der Waals surface area contributed by atoms with Crippen molar-refractivity contribution in [3.63, 3.8) is 0 Å². The smallest absolute Gasteiger partial charge is 0.137 e. The van der Waals surface area contributed by atoms with E-state index < -0.39 is 0 Å². The molecule has 0 fully saturated rings. The zero-order chi connectivity index (χ0) is 16.2. The number of carbonyl (C=O) groups excluding carboxylic acids is 1. The Morgan fingerprint density at radius 2 is 1.65 bits per heavy atom. The minimum Gasteiger partial charge on any atom is -0.495 e. The molecule has 0 saturated heterocycles. The number of fused-ring (bicyclic) bond motifs is 1. The van der Waals surface area contributed by atoms with Gasteiger partial charge in [0.2, 0.25) is 0 Å². The fourth-order valence-corrected chi connectivity index (χ4v) is 2.65. The predicted molar refractivity (Wildman–Crippen MR) is 91.8 cm³/mol. The van der Waals surface area contributed by atoms with Crippen molar-refractivity contribution in [2.75, 3.05) is 7.11 Å². The van der Waals surface area contributed by atoms with Crippen molar-refractivity contribution in [1.29, 1.82) is 0 Å². The number of methoxy groups -OCH3 is 1. The lowest BCUT2D eigenvalue weighted by Crippen LogP contribution is -1.88. The largest absolute Gasteiger partial charge is 0.495 e. The number of rotatable bonds is 5. The summed E-state index contributed by atoms with van der Waals surface area (Å²) in [5.74, 6) is 1.98. The average molecular weight is 327 g/mol. The van der Waals surface area contributed by atoms with Gasteiger partial charge in [0.05, 0.1) is 12.1 Å². The van der Waals surface area contributed by atoms with Gasteiger partial charge in [0.1, 0.15) is 23.5 Å². The van der Waals surface area contributed by atoms with Crippen LogP contribution in [-0.4, -0.2) is 13.4 Å². The highest BCUT2D eigenvalue weighted by molar-refractivity contribution is 6.32. The van der Waals surface area contributed by atoms with Gasteiger partial charge in [0, 0.05) is 12.5 Å². The summed E-state index contributed by atoms with van der Waals surface area (Å²) in [5.41, 5.74) is 1.00. The monoisotopic (exact) mass is 326 g/mol. The van der Waals surface area contributed by atoms with Gasteiger partial charge in [-0.25, -0.2) is 0 Å². The van der Waals surface area contributed by atoms with Crippen LogP contribution in [0.5, 0.6) is 17.2 Å². The molecule has 3 nitrogen and oxygen atoms in total. The summed E-state index contributed by atoms with van der Waals surface area (Å²) < 4.78 is 11.0. The summed E-state index contributed by atoms with van der Waals surface area (Å²) in [6.07, 6.45) is 1.34. The van der Waals surface area contributed by atoms with Gasteiger partial charge in [-0.2, -0.15) is 0 Å². The first-order chi connectivity index (χ1) is 11.2. The topological polar surface area (TPSA) is 35.5 Å². The molecule has 0 aromatic heterocycles. The van der Waals surface area contributed by atoms with Crippen molar-refractivity contribution in [2.45, 2.75) is 6.42 Å². The lowest BCUT2D eigenvalue weighted by molar-refractivity contribution is -0.107. The molecule has 0 bridgehead atoms. The minimum atomic E-state index is 0.429. The Morgan fingerprint density at radius 1 is 0.957 bits per heavy atom. The summed E-state index contributed by atoms with van der Waals surface area (Å²) >= 11 is 6.10. The Morgan fingerprint density at radius 3 is 2.39 bits per heavy atom. The molecule has 0 aliphatic carbocycles. The quantitative estimate of drug-likeness (QED) is 0.616. The molecule has 4 heteroatoms. The van der Waals surface area contributed by atoms with Gasteiger partial charge in [-0.1, -0.05) is 35.9 Å². The highest BCUT2D eigenvalue weighted by Gasteiger charge is 2.05. The normalized spacial score (nSPS) is 10.5. The lowest BCUT2D eigenvalue weighted by atomic mass is 10.1. The predicted octanol–water partition coefficient (Wildman–Crippen LogP) is 5.04. The second-order valence-corrected chi connectivity index (χ2v) is 5.52. The van der Waals surface area contributed by atoms with Gasteiger partial charge in [-0.05, 0) is 40.6 Å². The van der Waals surface area contributed by atoms with E-state index in [1.807, 2.05) is 42.5 Å². The summed E-state index contributed by atoms with van der Waals surface area (Å²) in [7, 11) is 1.57. The minimum absolute atomic E-state index is 0.429. The van der Waals surface area contributed by atoms with Crippen LogP contribution in [0.2, 0.25) is 5.02 Å². The van der Waals surface area contributed by atoms with E-state index in [0.717, 1.165) is 28.4 Å². The first kappa shape index (κ1) is 15.4. The van der Waals surface area contributed by atoms with Crippen molar-refractivity contribution in [1.82, 2.24) is 0 Å². The van der Waals surface area contributed by atoms with Crippen molar-refractivity contribution in [2.24, 2.45) is 0 Å². The molecule has 116 valence electrons. The second kappa shape index (κ2) is 6.71. The average Bonchev–Trinajstić information content (AvgIpc) is 2.55. The number of ether oxygens (including phenoxy) is 2. The highest BCUT2D eigenvalue weighted by atomic mass is 35.5. The molecule has 0 spiro atoms. The van der Waals surface area contributed by atoms with Crippen LogP contribution in [0.1, 0.15) is 5.56 Å². The third kappa shape index (κ3) is 3.46. The standard InChI is InChI=1S/C19H15ClO3/c1-22-19-7-6-17(12-18(19)20)23-16-5-4-14-10-13(8-9-21)2-3-15(14)11-16/h2-7,9-12H,8H2,1H3. The fourth-order valence-electron chi connectivity index (χ4n) is 2.41. The van der Waals surface area contributed by atoms with Gasteiger partial charge in [0.15, 0.2) is 0 Å². The van der Waals surface area contributed by atoms with E-state index in [-0.39, 0.29) is 0 Å².